The van der Waals surface area contributed by atoms with Gasteiger partial charge in [0.1, 0.15) is 0 Å². The van der Waals surface area contributed by atoms with E-state index in [1.807, 2.05) is 0 Å². The van der Waals surface area contributed by atoms with Crippen molar-refractivity contribution in [2.24, 2.45) is 17.8 Å². The quantitative estimate of drug-likeness (QED) is 0.511. The first-order valence-corrected chi connectivity index (χ1v) is 6.75. The van der Waals surface area contributed by atoms with Crippen molar-refractivity contribution >= 4 is 9.30 Å². The molecule has 0 bridgehead atoms. The van der Waals surface area contributed by atoms with Crippen molar-refractivity contribution in [2.75, 3.05) is 0 Å². The first-order chi connectivity index (χ1) is 6.88. The molecule has 0 amide bonds. The van der Waals surface area contributed by atoms with Crippen LogP contribution in [0, 0.1) is 24.7 Å². The van der Waals surface area contributed by atoms with Crippen LogP contribution in [0.3, 0.4) is 0 Å². The fourth-order valence-electron chi connectivity index (χ4n) is 1.73. The molecule has 0 aromatic rings. The molecule has 0 saturated carbocycles. The molecule has 2 aliphatic rings. The molecule has 0 saturated heterocycles. The summed E-state index contributed by atoms with van der Waals surface area (Å²) in [5.41, 5.74) is 0. The van der Waals surface area contributed by atoms with Gasteiger partial charge in [-0.25, -0.2) is 0 Å². The minimum atomic E-state index is 0.454. The molecular weight excluding hydrogens is 227 g/mol. The van der Waals surface area contributed by atoms with E-state index in [-0.39, 0.29) is 0 Å². The molecule has 0 aliphatic heterocycles. The summed E-state index contributed by atoms with van der Waals surface area (Å²) < 4.78 is 0. The predicted molar refractivity (Wildman–Crippen MR) is 58.2 cm³/mol. The number of hydrogen-bond donors (Lipinski definition) is 0. The molecule has 14 heavy (non-hydrogen) atoms. The summed E-state index contributed by atoms with van der Waals surface area (Å²) in [4.78, 5) is 0. The summed E-state index contributed by atoms with van der Waals surface area (Å²) >= 11 is 1.47. The van der Waals surface area contributed by atoms with Crippen LogP contribution in [0.4, 0.5) is 0 Å². The molecule has 0 heterocycles. The second kappa shape index (κ2) is 6.45. The van der Waals surface area contributed by atoms with Gasteiger partial charge in [-0.2, -0.15) is 0 Å². The minimum absolute atomic E-state index is 0.454. The van der Waals surface area contributed by atoms with Gasteiger partial charge in [0, 0.05) is 0 Å². The molecule has 0 nitrogen and oxygen atoms in total. The second-order valence-corrected chi connectivity index (χ2v) is 3.36. The van der Waals surface area contributed by atoms with Crippen molar-refractivity contribution in [3.8, 4) is 0 Å². The molecule has 0 unspecified atom stereocenters. The van der Waals surface area contributed by atoms with Gasteiger partial charge in [0.2, 0.25) is 0 Å². The van der Waals surface area contributed by atoms with Crippen LogP contribution < -0.4 is 0 Å². The summed E-state index contributed by atoms with van der Waals surface area (Å²) in [7, 11) is 4.64. The Morgan fingerprint density at radius 3 is 1.43 bits per heavy atom. The third kappa shape index (κ3) is 2.98. The van der Waals surface area contributed by atoms with E-state index in [1.54, 1.807) is 0 Å². The predicted octanol–water partition coefficient (Wildman–Crippen LogP) is 3.61. The number of rotatable bonds is 2. The Bertz CT molecular complexity index is 224. The topological polar surface area (TPSA) is 0 Å². The molecule has 2 heteroatoms. The first kappa shape index (κ1) is 12.0. The third-order valence-electron chi connectivity index (χ3n) is 2.54. The van der Waals surface area contributed by atoms with Crippen molar-refractivity contribution in [1.82, 2.24) is 0 Å². The van der Waals surface area contributed by atoms with E-state index in [2.05, 4.69) is 64.8 Å². The Morgan fingerprint density at radius 1 is 0.857 bits per heavy atom. The zero-order chi connectivity index (χ0) is 10.4. The molecular formula is C12H13ClTi. The molecule has 0 spiro atoms. The third-order valence-corrected chi connectivity index (χ3v) is 2.54. The normalized spacial score (nSPS) is 19.3. The first-order valence-electron chi connectivity index (χ1n) is 4.60. The molecule has 0 fully saturated rings. The van der Waals surface area contributed by atoms with Gasteiger partial charge in [0.15, 0.2) is 0 Å². The van der Waals surface area contributed by atoms with Crippen molar-refractivity contribution in [3.05, 3.63) is 55.5 Å². The molecule has 2 rings (SSSR count). The van der Waals surface area contributed by atoms with Gasteiger partial charge in [0.05, 0.1) is 0 Å². The second-order valence-electron chi connectivity index (χ2n) is 3.36. The van der Waals surface area contributed by atoms with Crippen LogP contribution in [-0.4, -0.2) is 0 Å². The zero-order valence-electron chi connectivity index (χ0n) is 7.94. The van der Waals surface area contributed by atoms with Gasteiger partial charge in [0.25, 0.3) is 0 Å². The van der Waals surface area contributed by atoms with E-state index in [9.17, 15) is 0 Å². The fourth-order valence-corrected chi connectivity index (χ4v) is 1.73. The van der Waals surface area contributed by atoms with E-state index >= 15 is 0 Å². The van der Waals surface area contributed by atoms with Gasteiger partial charge in [-0.15, -0.1) is 5.92 Å². The maximum atomic E-state index is 4.64. The van der Waals surface area contributed by atoms with Crippen LogP contribution in [-0.2, 0) is 19.4 Å². The van der Waals surface area contributed by atoms with Crippen molar-refractivity contribution in [2.45, 2.75) is 0 Å². The van der Waals surface area contributed by atoms with Gasteiger partial charge < -0.3 is 6.92 Å². The molecule has 0 radical (unpaired) electrons. The molecule has 2 aliphatic carbocycles. The molecule has 0 atom stereocenters. The maximum absolute atomic E-state index is 4.64. The van der Waals surface area contributed by atoms with Crippen LogP contribution in [0.1, 0.15) is 0 Å². The van der Waals surface area contributed by atoms with Gasteiger partial charge in [-0.05, 0) is 11.8 Å². The standard InChI is InChI=1S/C12H13.ClH.Ti/c1-10(11-6-2-3-7-11)12-8-4-5-9-12;;/h2-12H,1H2;1H;/q-1;;+2/p-1. The van der Waals surface area contributed by atoms with Crippen LogP contribution >= 0.6 is 9.30 Å². The molecule has 0 N–H and O–H groups in total. The summed E-state index contributed by atoms with van der Waals surface area (Å²) in [6.07, 6.45) is 17.3. The summed E-state index contributed by atoms with van der Waals surface area (Å²) in [6, 6.07) is 0. The van der Waals surface area contributed by atoms with Crippen LogP contribution in [0.2, 0.25) is 0 Å². The SMILES string of the molecule is [CH2-]C(C1C=CC=C1)C1C=CC=C1.[Cl][Ti+]. The molecule has 0 aromatic heterocycles. The Kier molecular flexibility index (Phi) is 5.54. The average molecular weight is 241 g/mol. The van der Waals surface area contributed by atoms with Crippen LogP contribution in [0.5, 0.6) is 0 Å². The number of hydrogen-bond acceptors (Lipinski definition) is 0. The summed E-state index contributed by atoms with van der Waals surface area (Å²) in [5, 5.41) is 0. The van der Waals surface area contributed by atoms with E-state index in [1.165, 1.54) is 19.4 Å². The summed E-state index contributed by atoms with van der Waals surface area (Å²) in [5.74, 6) is 1.51. The van der Waals surface area contributed by atoms with Gasteiger partial charge in [-0.3, -0.25) is 0 Å². The Morgan fingerprint density at radius 2 is 1.14 bits per heavy atom. The van der Waals surface area contributed by atoms with Crippen LogP contribution in [0.25, 0.3) is 0 Å². The Hall–Kier alpha value is -0.0357. The number of halogens is 1. The van der Waals surface area contributed by atoms with E-state index in [0.29, 0.717) is 17.8 Å². The fraction of sp³-hybridized carbons (Fsp3) is 0.250. The van der Waals surface area contributed by atoms with E-state index in [4.69, 9.17) is 0 Å². The van der Waals surface area contributed by atoms with Crippen molar-refractivity contribution in [1.29, 1.82) is 0 Å². The average Bonchev–Trinajstić information content (AvgIpc) is 2.93. The van der Waals surface area contributed by atoms with E-state index < -0.39 is 0 Å². The molecule has 72 valence electrons. The van der Waals surface area contributed by atoms with Gasteiger partial charge in [-0.1, -0.05) is 48.6 Å². The van der Waals surface area contributed by atoms with Crippen molar-refractivity contribution in [3.63, 3.8) is 0 Å². The summed E-state index contributed by atoms with van der Waals surface area (Å²) in [6.45, 7) is 4.20. The number of allylic oxidation sites excluding steroid dienone is 8. The van der Waals surface area contributed by atoms with Crippen molar-refractivity contribution < 1.29 is 19.4 Å². The van der Waals surface area contributed by atoms with Crippen LogP contribution in [0.15, 0.2) is 48.6 Å². The molecule has 0 aromatic carbocycles. The zero-order valence-corrected chi connectivity index (χ0v) is 10.3. The van der Waals surface area contributed by atoms with Gasteiger partial charge >= 0.3 is 28.7 Å². The monoisotopic (exact) mass is 240 g/mol. The van der Waals surface area contributed by atoms with E-state index in [0.717, 1.165) is 0 Å². The Labute approximate surface area is 102 Å². The Balaban J connectivity index is 0.000000461.